The molecule has 0 spiro atoms. The average molecular weight is 277 g/mol. The minimum Gasteiger partial charge on any atom is -0.480 e. The zero-order valence-electron chi connectivity index (χ0n) is 10.8. The number of aromatic nitrogens is 2. The molecule has 2 aromatic heterocycles. The SMILES string of the molecule is Cc1csc2c(NC(C)(C(=O)O)C3CC3)ncnc12. The Labute approximate surface area is 114 Å². The molecule has 100 valence electrons. The number of nitrogens with zero attached hydrogens (tertiary/aromatic N) is 2. The van der Waals surface area contributed by atoms with Gasteiger partial charge in [-0.1, -0.05) is 0 Å². The van der Waals surface area contributed by atoms with Crippen LogP contribution in [0.1, 0.15) is 25.3 Å². The lowest BCUT2D eigenvalue weighted by Crippen LogP contribution is -2.45. The van der Waals surface area contributed by atoms with E-state index < -0.39 is 11.5 Å². The van der Waals surface area contributed by atoms with Crippen LogP contribution in [0.5, 0.6) is 0 Å². The number of fused-ring (bicyclic) bond motifs is 1. The number of anilines is 1. The Balaban J connectivity index is 2.03. The maximum absolute atomic E-state index is 11.5. The van der Waals surface area contributed by atoms with Crippen LogP contribution in [0.25, 0.3) is 10.2 Å². The molecule has 0 radical (unpaired) electrons. The zero-order chi connectivity index (χ0) is 13.6. The molecule has 3 rings (SSSR count). The molecular weight excluding hydrogens is 262 g/mol. The Bertz CT molecular complexity index is 650. The van der Waals surface area contributed by atoms with Crippen LogP contribution in [-0.4, -0.2) is 26.6 Å². The van der Waals surface area contributed by atoms with Crippen LogP contribution in [-0.2, 0) is 4.79 Å². The normalized spacial score (nSPS) is 18.2. The quantitative estimate of drug-likeness (QED) is 0.898. The van der Waals surface area contributed by atoms with Crippen LogP contribution < -0.4 is 5.32 Å². The van der Waals surface area contributed by atoms with E-state index in [2.05, 4.69) is 15.3 Å². The summed E-state index contributed by atoms with van der Waals surface area (Å²) in [5.74, 6) is -0.0222. The Morgan fingerprint density at radius 3 is 2.89 bits per heavy atom. The number of carboxylic acid groups (broad SMARTS) is 1. The fraction of sp³-hybridized carbons (Fsp3) is 0.462. The van der Waals surface area contributed by atoms with Crippen molar-refractivity contribution in [3.8, 4) is 0 Å². The van der Waals surface area contributed by atoms with E-state index in [0.717, 1.165) is 28.6 Å². The van der Waals surface area contributed by atoms with E-state index >= 15 is 0 Å². The van der Waals surface area contributed by atoms with Gasteiger partial charge in [0.25, 0.3) is 0 Å². The number of aryl methyl sites for hydroxylation is 1. The van der Waals surface area contributed by atoms with Crippen molar-refractivity contribution in [1.29, 1.82) is 0 Å². The van der Waals surface area contributed by atoms with Gasteiger partial charge in [0.2, 0.25) is 0 Å². The van der Waals surface area contributed by atoms with Crippen LogP contribution in [0.15, 0.2) is 11.7 Å². The molecule has 0 bridgehead atoms. The number of aliphatic carboxylic acids is 1. The largest absolute Gasteiger partial charge is 0.480 e. The molecule has 1 aliphatic carbocycles. The van der Waals surface area contributed by atoms with Crippen molar-refractivity contribution in [2.45, 2.75) is 32.2 Å². The van der Waals surface area contributed by atoms with Gasteiger partial charge in [-0.15, -0.1) is 11.3 Å². The van der Waals surface area contributed by atoms with Gasteiger partial charge in [-0.05, 0) is 43.6 Å². The van der Waals surface area contributed by atoms with Crippen molar-refractivity contribution in [3.05, 3.63) is 17.3 Å². The van der Waals surface area contributed by atoms with Crippen molar-refractivity contribution in [2.75, 3.05) is 5.32 Å². The van der Waals surface area contributed by atoms with Gasteiger partial charge >= 0.3 is 5.97 Å². The van der Waals surface area contributed by atoms with Gasteiger partial charge in [0.15, 0.2) is 0 Å². The van der Waals surface area contributed by atoms with Crippen molar-refractivity contribution < 1.29 is 9.90 Å². The molecule has 6 heteroatoms. The van der Waals surface area contributed by atoms with Gasteiger partial charge in [-0.3, -0.25) is 0 Å². The summed E-state index contributed by atoms with van der Waals surface area (Å²) < 4.78 is 0.924. The predicted molar refractivity (Wildman–Crippen MR) is 74.5 cm³/mol. The third kappa shape index (κ3) is 1.96. The number of rotatable bonds is 4. The summed E-state index contributed by atoms with van der Waals surface area (Å²) in [4.78, 5) is 20.0. The van der Waals surface area contributed by atoms with Crippen molar-refractivity contribution in [1.82, 2.24) is 9.97 Å². The van der Waals surface area contributed by atoms with E-state index in [1.807, 2.05) is 12.3 Å². The fourth-order valence-electron chi connectivity index (χ4n) is 2.30. The maximum atomic E-state index is 11.5. The van der Waals surface area contributed by atoms with E-state index in [1.165, 1.54) is 6.33 Å². The second kappa shape index (κ2) is 4.16. The number of thiophene rings is 1. The van der Waals surface area contributed by atoms with Crippen LogP contribution in [0, 0.1) is 12.8 Å². The second-order valence-electron chi connectivity index (χ2n) is 5.23. The first-order chi connectivity index (χ1) is 9.02. The Kier molecular flexibility index (Phi) is 2.70. The molecule has 1 atom stereocenters. The topological polar surface area (TPSA) is 75.1 Å². The van der Waals surface area contributed by atoms with E-state index in [9.17, 15) is 9.90 Å². The molecule has 1 unspecified atom stereocenters. The van der Waals surface area contributed by atoms with E-state index in [1.54, 1.807) is 18.3 Å². The molecule has 19 heavy (non-hydrogen) atoms. The molecule has 2 heterocycles. The zero-order valence-corrected chi connectivity index (χ0v) is 11.6. The molecular formula is C13H15N3O2S. The molecule has 0 aliphatic heterocycles. The van der Waals surface area contributed by atoms with E-state index in [4.69, 9.17) is 0 Å². The summed E-state index contributed by atoms with van der Waals surface area (Å²) in [5, 5.41) is 14.6. The minimum absolute atomic E-state index is 0.177. The Morgan fingerprint density at radius 2 is 2.26 bits per heavy atom. The van der Waals surface area contributed by atoms with Gasteiger partial charge in [0.05, 0.1) is 10.2 Å². The van der Waals surface area contributed by atoms with E-state index in [0.29, 0.717) is 5.82 Å². The maximum Gasteiger partial charge on any atom is 0.329 e. The van der Waals surface area contributed by atoms with Gasteiger partial charge in [-0.2, -0.15) is 0 Å². The van der Waals surface area contributed by atoms with Crippen LogP contribution >= 0.6 is 11.3 Å². The highest BCUT2D eigenvalue weighted by Gasteiger charge is 2.48. The summed E-state index contributed by atoms with van der Waals surface area (Å²) in [5.41, 5.74) is 1.04. The van der Waals surface area contributed by atoms with Crippen molar-refractivity contribution >= 4 is 33.3 Å². The first-order valence-corrected chi connectivity index (χ1v) is 7.10. The molecule has 1 aliphatic rings. The summed E-state index contributed by atoms with van der Waals surface area (Å²) in [6.07, 6.45) is 3.39. The van der Waals surface area contributed by atoms with Crippen LogP contribution in [0.3, 0.4) is 0 Å². The van der Waals surface area contributed by atoms with Crippen molar-refractivity contribution in [3.63, 3.8) is 0 Å². The smallest absolute Gasteiger partial charge is 0.329 e. The average Bonchev–Trinajstić information content (AvgIpc) is 3.16. The number of nitrogens with one attached hydrogen (secondary N) is 1. The van der Waals surface area contributed by atoms with Gasteiger partial charge in [0, 0.05) is 0 Å². The number of carboxylic acids is 1. The molecule has 0 aromatic carbocycles. The van der Waals surface area contributed by atoms with Gasteiger partial charge in [-0.25, -0.2) is 14.8 Å². The summed E-state index contributed by atoms with van der Waals surface area (Å²) in [6.45, 7) is 3.73. The third-order valence-corrected chi connectivity index (χ3v) is 4.84. The van der Waals surface area contributed by atoms with Crippen molar-refractivity contribution in [2.24, 2.45) is 5.92 Å². The number of carbonyl (C=O) groups is 1. The van der Waals surface area contributed by atoms with Gasteiger partial charge in [0.1, 0.15) is 17.7 Å². The molecule has 1 saturated carbocycles. The molecule has 0 saturated heterocycles. The number of hydrogen-bond acceptors (Lipinski definition) is 5. The minimum atomic E-state index is -0.945. The standard InChI is InChI=1S/C13H15N3O2S/c1-7-5-19-10-9(7)14-6-15-11(10)16-13(2,12(17)18)8-3-4-8/h5-6,8H,3-4H2,1-2H3,(H,17,18)(H,14,15,16). The van der Waals surface area contributed by atoms with Gasteiger partial charge < -0.3 is 10.4 Å². The summed E-state index contributed by atoms with van der Waals surface area (Å²) in [7, 11) is 0. The third-order valence-electron chi connectivity index (χ3n) is 3.75. The second-order valence-corrected chi connectivity index (χ2v) is 6.11. The highest BCUT2D eigenvalue weighted by atomic mass is 32.1. The monoisotopic (exact) mass is 277 g/mol. The van der Waals surface area contributed by atoms with E-state index in [-0.39, 0.29) is 5.92 Å². The number of hydrogen-bond donors (Lipinski definition) is 2. The molecule has 0 amide bonds. The molecule has 2 aromatic rings. The molecule has 1 fully saturated rings. The fourth-order valence-corrected chi connectivity index (χ4v) is 3.24. The van der Waals surface area contributed by atoms with Crippen LogP contribution in [0.2, 0.25) is 0 Å². The lowest BCUT2D eigenvalue weighted by atomic mass is 9.96. The highest BCUT2D eigenvalue weighted by molar-refractivity contribution is 7.18. The Morgan fingerprint density at radius 1 is 1.53 bits per heavy atom. The highest BCUT2D eigenvalue weighted by Crippen LogP contribution is 2.42. The predicted octanol–water partition coefficient (Wildman–Crippen LogP) is 2.66. The lowest BCUT2D eigenvalue weighted by molar-refractivity contribution is -0.142. The first-order valence-electron chi connectivity index (χ1n) is 6.23. The Hall–Kier alpha value is -1.69. The first kappa shape index (κ1) is 12.3. The lowest BCUT2D eigenvalue weighted by Gasteiger charge is -2.26. The van der Waals surface area contributed by atoms with Crippen LogP contribution in [0.4, 0.5) is 5.82 Å². The molecule has 5 nitrogen and oxygen atoms in total. The molecule has 2 N–H and O–H groups in total. The summed E-state index contributed by atoms with van der Waals surface area (Å²) in [6, 6.07) is 0. The summed E-state index contributed by atoms with van der Waals surface area (Å²) >= 11 is 1.54.